The standard InChI is InChI=1S/C11H11NO3/c13-8-2-1-7(5-12-14)10-9(8)11(3-4-11)6-15-10/h1-2,5,13-14H,3-4,6H2. The van der Waals surface area contributed by atoms with Crippen molar-refractivity contribution in [1.29, 1.82) is 0 Å². The molecule has 1 aromatic rings. The Hall–Kier alpha value is -1.71. The Morgan fingerprint density at radius 1 is 1.40 bits per heavy atom. The lowest BCUT2D eigenvalue weighted by molar-refractivity contribution is 0.317. The van der Waals surface area contributed by atoms with Crippen LogP contribution in [0.5, 0.6) is 11.5 Å². The number of rotatable bonds is 1. The number of benzene rings is 1. The molecule has 78 valence electrons. The molecule has 0 amide bonds. The number of hydrogen-bond donors (Lipinski definition) is 2. The molecule has 2 aliphatic rings. The summed E-state index contributed by atoms with van der Waals surface area (Å²) in [5.74, 6) is 0.959. The smallest absolute Gasteiger partial charge is 0.135 e. The van der Waals surface area contributed by atoms with Crippen LogP contribution < -0.4 is 4.74 Å². The quantitative estimate of drug-likeness (QED) is 0.416. The van der Waals surface area contributed by atoms with E-state index in [1.54, 1.807) is 12.1 Å². The molecule has 0 aromatic heterocycles. The van der Waals surface area contributed by atoms with Gasteiger partial charge in [0.15, 0.2) is 0 Å². The number of fused-ring (bicyclic) bond motifs is 2. The molecule has 0 radical (unpaired) electrons. The van der Waals surface area contributed by atoms with E-state index in [2.05, 4.69) is 5.16 Å². The summed E-state index contributed by atoms with van der Waals surface area (Å²) in [5.41, 5.74) is 1.65. The lowest BCUT2D eigenvalue weighted by atomic mass is 9.95. The maximum absolute atomic E-state index is 9.81. The van der Waals surface area contributed by atoms with Crippen molar-refractivity contribution in [2.75, 3.05) is 6.61 Å². The van der Waals surface area contributed by atoms with Gasteiger partial charge in [-0.25, -0.2) is 0 Å². The van der Waals surface area contributed by atoms with Crippen molar-refractivity contribution >= 4 is 6.21 Å². The molecular formula is C11H11NO3. The van der Waals surface area contributed by atoms with E-state index in [9.17, 15) is 5.11 Å². The second kappa shape index (κ2) is 2.66. The Balaban J connectivity index is 2.21. The van der Waals surface area contributed by atoms with E-state index in [1.807, 2.05) is 0 Å². The van der Waals surface area contributed by atoms with Crippen LogP contribution in [0.2, 0.25) is 0 Å². The lowest BCUT2D eigenvalue weighted by Crippen LogP contribution is -2.07. The van der Waals surface area contributed by atoms with Crippen LogP contribution in [0.4, 0.5) is 0 Å². The number of nitrogens with zero attached hydrogens (tertiary/aromatic N) is 1. The summed E-state index contributed by atoms with van der Waals surface area (Å²) in [5, 5.41) is 21.3. The van der Waals surface area contributed by atoms with Gasteiger partial charge in [-0.1, -0.05) is 5.16 Å². The first-order chi connectivity index (χ1) is 7.27. The van der Waals surface area contributed by atoms with Crippen molar-refractivity contribution in [1.82, 2.24) is 0 Å². The molecule has 0 unspecified atom stereocenters. The highest BCUT2D eigenvalue weighted by Crippen LogP contribution is 2.58. The zero-order chi connectivity index (χ0) is 10.5. The molecular weight excluding hydrogens is 194 g/mol. The summed E-state index contributed by atoms with van der Waals surface area (Å²) in [6.07, 6.45) is 3.46. The highest BCUT2D eigenvalue weighted by molar-refractivity contribution is 5.85. The molecule has 1 aliphatic heterocycles. The van der Waals surface area contributed by atoms with Gasteiger partial charge in [-0.3, -0.25) is 0 Å². The van der Waals surface area contributed by atoms with Crippen LogP contribution in [0.1, 0.15) is 24.0 Å². The van der Waals surface area contributed by atoms with Crippen LogP contribution in [-0.2, 0) is 5.41 Å². The van der Waals surface area contributed by atoms with E-state index in [0.29, 0.717) is 17.9 Å². The molecule has 1 aliphatic carbocycles. The number of hydrogen-bond acceptors (Lipinski definition) is 4. The maximum Gasteiger partial charge on any atom is 0.135 e. The molecule has 0 bridgehead atoms. The number of oxime groups is 1. The maximum atomic E-state index is 9.81. The van der Waals surface area contributed by atoms with Gasteiger partial charge in [0.05, 0.1) is 12.8 Å². The summed E-state index contributed by atoms with van der Waals surface area (Å²) in [6, 6.07) is 3.32. The molecule has 4 nitrogen and oxygen atoms in total. The largest absolute Gasteiger partial charge is 0.508 e. The Kier molecular flexibility index (Phi) is 1.52. The van der Waals surface area contributed by atoms with E-state index in [-0.39, 0.29) is 11.2 Å². The Bertz CT molecular complexity index is 449. The minimum absolute atomic E-state index is 0.0404. The van der Waals surface area contributed by atoms with E-state index in [4.69, 9.17) is 9.94 Å². The zero-order valence-electron chi connectivity index (χ0n) is 8.10. The van der Waals surface area contributed by atoms with Crippen molar-refractivity contribution in [3.05, 3.63) is 23.3 Å². The van der Waals surface area contributed by atoms with Gasteiger partial charge in [0.25, 0.3) is 0 Å². The molecule has 1 heterocycles. The van der Waals surface area contributed by atoms with Gasteiger partial charge in [0, 0.05) is 16.5 Å². The fraction of sp³-hybridized carbons (Fsp3) is 0.364. The van der Waals surface area contributed by atoms with E-state index in [0.717, 1.165) is 18.4 Å². The second-order valence-corrected chi connectivity index (χ2v) is 4.19. The summed E-state index contributed by atoms with van der Waals surface area (Å²) in [7, 11) is 0. The average molecular weight is 205 g/mol. The Morgan fingerprint density at radius 2 is 2.20 bits per heavy atom. The molecule has 1 spiro atoms. The summed E-state index contributed by atoms with van der Waals surface area (Å²) in [6.45, 7) is 0.631. The third-order valence-electron chi connectivity index (χ3n) is 3.24. The highest BCUT2D eigenvalue weighted by Gasteiger charge is 2.52. The van der Waals surface area contributed by atoms with Gasteiger partial charge in [-0.15, -0.1) is 0 Å². The first-order valence-electron chi connectivity index (χ1n) is 4.93. The highest BCUT2D eigenvalue weighted by atomic mass is 16.5. The van der Waals surface area contributed by atoms with Crippen LogP contribution in [0.25, 0.3) is 0 Å². The first kappa shape index (κ1) is 8.59. The van der Waals surface area contributed by atoms with Gasteiger partial charge >= 0.3 is 0 Å². The molecule has 4 heteroatoms. The molecule has 1 saturated carbocycles. The summed E-state index contributed by atoms with van der Waals surface area (Å²) < 4.78 is 5.58. The van der Waals surface area contributed by atoms with Crippen LogP contribution in [0.15, 0.2) is 17.3 Å². The SMILES string of the molecule is ON=Cc1ccc(O)c2c1OCC21CC1. The number of phenolic OH excluding ortho intramolecular Hbond substituents is 1. The minimum Gasteiger partial charge on any atom is -0.508 e. The fourth-order valence-electron chi connectivity index (χ4n) is 2.25. The van der Waals surface area contributed by atoms with Gasteiger partial charge in [0.2, 0.25) is 0 Å². The van der Waals surface area contributed by atoms with E-state index >= 15 is 0 Å². The van der Waals surface area contributed by atoms with Crippen LogP contribution in [0.3, 0.4) is 0 Å². The minimum atomic E-state index is 0.0404. The van der Waals surface area contributed by atoms with Crippen molar-refractivity contribution < 1.29 is 15.1 Å². The van der Waals surface area contributed by atoms with Crippen molar-refractivity contribution in [3.8, 4) is 11.5 Å². The van der Waals surface area contributed by atoms with Crippen LogP contribution in [0, 0.1) is 0 Å². The Morgan fingerprint density at radius 3 is 2.87 bits per heavy atom. The average Bonchev–Trinajstić information content (AvgIpc) is 2.87. The summed E-state index contributed by atoms with van der Waals surface area (Å²) >= 11 is 0. The summed E-state index contributed by atoms with van der Waals surface area (Å²) in [4.78, 5) is 0. The fourth-order valence-corrected chi connectivity index (χ4v) is 2.25. The number of ether oxygens (including phenoxy) is 1. The van der Waals surface area contributed by atoms with Gasteiger partial charge in [0.1, 0.15) is 11.5 Å². The van der Waals surface area contributed by atoms with Gasteiger partial charge < -0.3 is 15.1 Å². The molecule has 0 atom stereocenters. The van der Waals surface area contributed by atoms with Crippen molar-refractivity contribution in [2.24, 2.45) is 5.16 Å². The molecule has 1 aromatic carbocycles. The van der Waals surface area contributed by atoms with Crippen LogP contribution in [-0.4, -0.2) is 23.1 Å². The molecule has 3 rings (SSSR count). The van der Waals surface area contributed by atoms with E-state index in [1.165, 1.54) is 6.21 Å². The third-order valence-corrected chi connectivity index (χ3v) is 3.24. The number of aromatic hydroxyl groups is 1. The predicted octanol–water partition coefficient (Wildman–Crippen LogP) is 1.62. The van der Waals surface area contributed by atoms with Crippen LogP contribution >= 0.6 is 0 Å². The molecule has 15 heavy (non-hydrogen) atoms. The van der Waals surface area contributed by atoms with Gasteiger partial charge in [-0.2, -0.15) is 0 Å². The third kappa shape index (κ3) is 1.04. The van der Waals surface area contributed by atoms with Gasteiger partial charge in [-0.05, 0) is 25.0 Å². The molecule has 1 fully saturated rings. The van der Waals surface area contributed by atoms with Crippen molar-refractivity contribution in [2.45, 2.75) is 18.3 Å². The predicted molar refractivity (Wildman–Crippen MR) is 53.9 cm³/mol. The first-order valence-corrected chi connectivity index (χ1v) is 4.93. The normalized spacial score (nSPS) is 20.5. The molecule has 2 N–H and O–H groups in total. The Labute approximate surface area is 86.8 Å². The number of phenols is 1. The zero-order valence-corrected chi connectivity index (χ0v) is 8.10. The second-order valence-electron chi connectivity index (χ2n) is 4.19. The topological polar surface area (TPSA) is 62.1 Å². The van der Waals surface area contributed by atoms with E-state index < -0.39 is 0 Å². The monoisotopic (exact) mass is 205 g/mol. The van der Waals surface area contributed by atoms with Crippen molar-refractivity contribution in [3.63, 3.8) is 0 Å². The molecule has 0 saturated heterocycles. The lowest BCUT2D eigenvalue weighted by Gasteiger charge is -2.07.